The predicted octanol–water partition coefficient (Wildman–Crippen LogP) is 2.24. The maximum Gasteiger partial charge on any atom is 0.387 e. The van der Waals surface area contributed by atoms with E-state index in [0.717, 1.165) is 49.3 Å². The van der Waals surface area contributed by atoms with Crippen LogP contribution in [-0.2, 0) is 11.1 Å². The van der Waals surface area contributed by atoms with Crippen LogP contribution in [-0.4, -0.2) is 35.2 Å². The maximum atomic E-state index is 12.6. The van der Waals surface area contributed by atoms with Gasteiger partial charge >= 0.3 is 6.61 Å². The topological polar surface area (TPSA) is 35.7 Å². The van der Waals surface area contributed by atoms with E-state index in [2.05, 4.69) is 42.2 Å². The molecule has 0 amide bonds. The minimum atomic E-state index is -2.86. The van der Waals surface area contributed by atoms with E-state index in [0.29, 0.717) is 6.54 Å². The second kappa shape index (κ2) is 9.48. The molecule has 4 rings (SSSR count). The van der Waals surface area contributed by atoms with Crippen LogP contribution in [0.4, 0.5) is 14.5 Å². The number of nitrogens with zero attached hydrogens (tertiary/aromatic N) is 2. The molecule has 4 nitrogen and oxygen atoms in total. The zero-order valence-corrected chi connectivity index (χ0v) is 20.4. The van der Waals surface area contributed by atoms with Crippen LogP contribution >= 0.6 is 0 Å². The van der Waals surface area contributed by atoms with Crippen LogP contribution in [0.15, 0.2) is 48.5 Å². The van der Waals surface area contributed by atoms with Crippen LogP contribution in [0.25, 0.3) is 0 Å². The van der Waals surface area contributed by atoms with Crippen LogP contribution in [0.1, 0.15) is 57.6 Å². The van der Waals surface area contributed by atoms with Gasteiger partial charge in [-0.2, -0.15) is 13.7 Å². The fourth-order valence-electron chi connectivity index (χ4n) is 4.62. The summed E-state index contributed by atoms with van der Waals surface area (Å²) in [6, 6.07) is 14.7. The molecule has 0 spiro atoms. The minimum absolute atomic E-state index is 0. The summed E-state index contributed by atoms with van der Waals surface area (Å²) in [5.74, 6) is 1.20. The van der Waals surface area contributed by atoms with E-state index in [1.165, 1.54) is 17.7 Å². The highest BCUT2D eigenvalue weighted by atomic mass is 79.9. The lowest BCUT2D eigenvalue weighted by atomic mass is 9.85. The largest absolute Gasteiger partial charge is 1.00 e. The number of anilines is 1. The lowest BCUT2D eigenvalue weighted by Crippen LogP contribution is -3.00. The van der Waals surface area contributed by atoms with Gasteiger partial charge in [-0.15, -0.1) is 0 Å². The van der Waals surface area contributed by atoms with Crippen LogP contribution in [0.3, 0.4) is 0 Å². The van der Waals surface area contributed by atoms with E-state index in [4.69, 9.17) is 0 Å². The Hall–Kier alpha value is -1.99. The van der Waals surface area contributed by atoms with E-state index < -0.39 is 12.3 Å². The molecule has 7 heteroatoms. The summed E-state index contributed by atoms with van der Waals surface area (Å²) in [5, 5.41) is 12.0. The molecule has 0 bridgehead atoms. The molecule has 0 aliphatic carbocycles. The van der Waals surface area contributed by atoms with Gasteiger partial charge in [0, 0.05) is 12.0 Å². The summed E-state index contributed by atoms with van der Waals surface area (Å²) in [5.41, 5.74) is 1.60. The first-order valence-electron chi connectivity index (χ1n) is 11.0. The van der Waals surface area contributed by atoms with Gasteiger partial charge in [-0.1, -0.05) is 45.0 Å². The van der Waals surface area contributed by atoms with Crippen molar-refractivity contribution >= 4 is 11.5 Å². The first-order chi connectivity index (χ1) is 14.7. The minimum Gasteiger partial charge on any atom is -1.00 e. The van der Waals surface area contributed by atoms with E-state index in [1.54, 1.807) is 12.1 Å². The van der Waals surface area contributed by atoms with Gasteiger partial charge in [0.05, 0.1) is 6.54 Å². The van der Waals surface area contributed by atoms with E-state index in [9.17, 15) is 13.9 Å². The Morgan fingerprint density at radius 3 is 2.25 bits per heavy atom. The highest BCUT2D eigenvalue weighted by Crippen LogP contribution is 2.39. The Kier molecular flexibility index (Phi) is 7.30. The third kappa shape index (κ3) is 4.84. The van der Waals surface area contributed by atoms with Crippen LogP contribution < -0.4 is 26.6 Å². The zero-order valence-electron chi connectivity index (χ0n) is 18.8. The Morgan fingerprint density at radius 1 is 1.00 bits per heavy atom. The van der Waals surface area contributed by atoms with Gasteiger partial charge in [-0.05, 0) is 54.5 Å². The molecule has 1 N–H and O–H groups in total. The van der Waals surface area contributed by atoms with E-state index in [1.807, 2.05) is 17.0 Å². The lowest BCUT2D eigenvalue weighted by molar-refractivity contribution is -0.534. The van der Waals surface area contributed by atoms with Gasteiger partial charge in [-0.3, -0.25) is 4.58 Å². The molecule has 2 heterocycles. The Labute approximate surface area is 199 Å². The number of ether oxygens (including phenoxy) is 1. The van der Waals surface area contributed by atoms with Crippen LogP contribution in [0.5, 0.6) is 5.75 Å². The number of alkyl halides is 2. The van der Waals surface area contributed by atoms with Gasteiger partial charge in [0.15, 0.2) is 6.54 Å². The number of aliphatic hydroxyl groups is 1. The van der Waals surface area contributed by atoms with Crippen LogP contribution in [0.2, 0.25) is 0 Å². The van der Waals surface area contributed by atoms with Crippen molar-refractivity contribution in [3.8, 4) is 5.75 Å². The number of amidine groups is 1. The molecule has 32 heavy (non-hydrogen) atoms. The molecular formula is C25H31BrF2N2O2. The van der Waals surface area contributed by atoms with Crippen molar-refractivity contribution in [2.75, 3.05) is 18.0 Å². The molecule has 2 aliphatic heterocycles. The molecule has 1 unspecified atom stereocenters. The van der Waals surface area contributed by atoms with Crippen molar-refractivity contribution in [3.05, 3.63) is 59.7 Å². The molecule has 2 aromatic rings. The second-order valence-electron chi connectivity index (χ2n) is 9.50. The monoisotopic (exact) mass is 508 g/mol. The maximum absolute atomic E-state index is 12.6. The number of hydrogen-bond donors (Lipinski definition) is 1. The van der Waals surface area contributed by atoms with Crippen LogP contribution in [0, 0.1) is 0 Å². The predicted molar refractivity (Wildman–Crippen MR) is 118 cm³/mol. The Morgan fingerprint density at radius 2 is 1.66 bits per heavy atom. The molecule has 2 aliphatic rings. The van der Waals surface area contributed by atoms with Crippen molar-refractivity contribution in [2.45, 2.75) is 64.2 Å². The van der Waals surface area contributed by atoms with Gasteiger partial charge in [0.2, 0.25) is 0 Å². The van der Waals surface area contributed by atoms with Gasteiger partial charge in [0.1, 0.15) is 11.4 Å². The highest BCUT2D eigenvalue weighted by molar-refractivity contribution is 5.97. The average molecular weight is 509 g/mol. The standard InChI is InChI=1S/C25H31F2N2O2.BrH/c1-24(2,3)18-8-10-19(11-9-18)25(30)17-28-16-6-4-5-7-22(28)29(25)20-12-14-21(15-13-20)31-23(26)27;/h8-15,23,30H,4-7,16-17H2,1-3H3;1H/q+1;/p-1. The summed E-state index contributed by atoms with van der Waals surface area (Å²) in [6.45, 7) is 5.03. The number of benzene rings is 2. The molecular weight excluding hydrogens is 478 g/mol. The van der Waals surface area contributed by atoms with Crippen molar-refractivity contribution in [3.63, 3.8) is 0 Å². The van der Waals surface area contributed by atoms with Gasteiger partial charge < -0.3 is 26.8 Å². The third-order valence-corrected chi connectivity index (χ3v) is 6.27. The van der Waals surface area contributed by atoms with Crippen molar-refractivity contribution in [1.29, 1.82) is 0 Å². The third-order valence-electron chi connectivity index (χ3n) is 6.27. The fourth-order valence-corrected chi connectivity index (χ4v) is 4.62. The summed E-state index contributed by atoms with van der Waals surface area (Å²) in [4.78, 5) is 1.98. The normalized spacial score (nSPS) is 21.3. The zero-order chi connectivity index (χ0) is 22.2. The molecule has 2 aromatic carbocycles. The summed E-state index contributed by atoms with van der Waals surface area (Å²) < 4.78 is 31.9. The number of hydrogen-bond acceptors (Lipinski definition) is 3. The molecule has 174 valence electrons. The summed E-state index contributed by atoms with van der Waals surface area (Å²) in [6.07, 6.45) is 4.19. The quantitative estimate of drug-likeness (QED) is 0.643. The molecule has 0 aromatic heterocycles. The summed E-state index contributed by atoms with van der Waals surface area (Å²) >= 11 is 0. The second-order valence-corrected chi connectivity index (χ2v) is 9.50. The average Bonchev–Trinajstić information content (AvgIpc) is 2.84. The highest BCUT2D eigenvalue weighted by Gasteiger charge is 2.54. The first-order valence-corrected chi connectivity index (χ1v) is 11.0. The number of rotatable bonds is 4. The van der Waals surface area contributed by atoms with Gasteiger partial charge in [0.25, 0.3) is 11.6 Å². The first kappa shape index (κ1) is 24.6. The fraction of sp³-hybridized carbons (Fsp3) is 0.480. The molecule has 0 fully saturated rings. The molecule has 0 saturated carbocycles. The van der Waals surface area contributed by atoms with Crippen molar-refractivity contribution in [2.24, 2.45) is 0 Å². The van der Waals surface area contributed by atoms with E-state index >= 15 is 0 Å². The Bertz CT molecular complexity index is 955. The molecule has 0 saturated heterocycles. The SMILES string of the molecule is CC(C)(C)c1ccc(C2(O)C[N+]3=C(CCCCC3)N2c2ccc(OC(F)F)cc2)cc1.[Br-]. The summed E-state index contributed by atoms with van der Waals surface area (Å²) in [7, 11) is 0. The van der Waals surface area contributed by atoms with Crippen molar-refractivity contribution in [1.82, 2.24) is 0 Å². The Balaban J connectivity index is 0.00000289. The lowest BCUT2D eigenvalue weighted by Gasteiger charge is -2.30. The number of halogens is 3. The van der Waals surface area contributed by atoms with E-state index in [-0.39, 0.29) is 28.1 Å². The molecule has 1 atom stereocenters. The van der Waals surface area contributed by atoms with Crippen molar-refractivity contribution < 1.29 is 40.2 Å². The van der Waals surface area contributed by atoms with Gasteiger partial charge in [-0.25, -0.2) is 0 Å². The smallest absolute Gasteiger partial charge is 0.387 e. The molecule has 0 radical (unpaired) electrons.